The van der Waals surface area contributed by atoms with Crippen molar-refractivity contribution in [1.29, 1.82) is 0 Å². The number of nitrogen functional groups attached to an aromatic ring is 1. The van der Waals surface area contributed by atoms with Crippen LogP contribution >= 0.6 is 0 Å². The van der Waals surface area contributed by atoms with E-state index in [1.54, 1.807) is 6.07 Å². The highest BCUT2D eigenvalue weighted by Crippen LogP contribution is 2.47. The Labute approximate surface area is 254 Å². The van der Waals surface area contributed by atoms with Crippen LogP contribution in [-0.4, -0.2) is 45.7 Å². The Kier molecular flexibility index (Phi) is 8.31. The Hall–Kier alpha value is -5.28. The number of pyridine rings is 2. The molecule has 1 aromatic carbocycles. The topological polar surface area (TPSA) is 114 Å². The number of rotatable bonds is 7. The molecule has 5 rings (SSSR count). The van der Waals surface area contributed by atoms with Crippen LogP contribution in [0, 0.1) is 0 Å². The lowest BCUT2D eigenvalue weighted by Crippen LogP contribution is -2.58. The largest absolute Gasteiger partial charge is 0.459 e. The molecule has 0 aliphatic carbocycles. The molecule has 0 radical (unpaired) electrons. The molecule has 3 aromatic heterocycles. The monoisotopic (exact) mass is 651 g/mol. The first-order valence-corrected chi connectivity index (χ1v) is 13.2. The maximum absolute atomic E-state index is 14.3. The van der Waals surface area contributed by atoms with Gasteiger partial charge in [0.2, 0.25) is 5.91 Å². The number of nitrogens with zero attached hydrogens (tertiary/aromatic N) is 3. The van der Waals surface area contributed by atoms with Crippen LogP contribution in [0.25, 0.3) is 28.7 Å². The molecule has 0 bridgehead atoms. The molecule has 46 heavy (non-hydrogen) atoms. The van der Waals surface area contributed by atoms with Gasteiger partial charge < -0.3 is 20.4 Å². The van der Waals surface area contributed by atoms with E-state index < -0.39 is 71.2 Å². The summed E-state index contributed by atoms with van der Waals surface area (Å²) in [5.74, 6) is -5.09. The van der Waals surface area contributed by atoms with Crippen LogP contribution in [-0.2, 0) is 23.7 Å². The van der Waals surface area contributed by atoms with E-state index in [-0.39, 0.29) is 29.4 Å². The van der Waals surface area contributed by atoms with E-state index >= 15 is 0 Å². The SMILES string of the molecule is Nc1ccc(/C=C/C(=O)NCc2ccc(-c3c(C(F)(F)F)cc(-c4ccc(C(=O)N5CC(F)(F)C5)cn4)cc3C(F)(F)F)o2)cn1. The summed E-state index contributed by atoms with van der Waals surface area (Å²) in [5.41, 5.74) is 0.341. The minimum atomic E-state index is -5.28. The van der Waals surface area contributed by atoms with Crippen LogP contribution in [0.4, 0.5) is 40.9 Å². The summed E-state index contributed by atoms with van der Waals surface area (Å²) in [6.45, 7) is -1.99. The van der Waals surface area contributed by atoms with E-state index in [1.807, 2.05) is 0 Å². The zero-order valence-electron chi connectivity index (χ0n) is 23.2. The van der Waals surface area contributed by atoms with Gasteiger partial charge in [0, 0.05) is 29.6 Å². The molecule has 3 N–H and O–H groups in total. The predicted octanol–water partition coefficient (Wildman–Crippen LogP) is 6.44. The Balaban J connectivity index is 1.41. The lowest BCUT2D eigenvalue weighted by Gasteiger charge is -2.38. The lowest BCUT2D eigenvalue weighted by atomic mass is 9.93. The number of likely N-dealkylation sites (tertiary alicyclic amines) is 1. The van der Waals surface area contributed by atoms with Crippen LogP contribution < -0.4 is 11.1 Å². The van der Waals surface area contributed by atoms with Gasteiger partial charge in [-0.1, -0.05) is 0 Å². The van der Waals surface area contributed by atoms with Crippen molar-refractivity contribution >= 4 is 23.7 Å². The number of hydrogen-bond acceptors (Lipinski definition) is 6. The Morgan fingerprint density at radius 1 is 0.935 bits per heavy atom. The molecule has 1 aliphatic heterocycles. The van der Waals surface area contributed by atoms with Crippen LogP contribution in [0.1, 0.15) is 32.8 Å². The van der Waals surface area contributed by atoms with Gasteiger partial charge in [0.1, 0.15) is 17.3 Å². The fourth-order valence-electron chi connectivity index (χ4n) is 4.56. The van der Waals surface area contributed by atoms with E-state index in [0.717, 1.165) is 41.4 Å². The molecule has 1 saturated heterocycles. The molecule has 1 aliphatic rings. The molecule has 4 aromatic rings. The molecule has 0 saturated carbocycles. The standard InChI is InChI=1S/C30H21F8N5O3/c31-28(32)14-43(15-28)27(45)17-3-5-22(40-12-17)18-9-20(29(33,34)35)26(21(10-18)30(36,37)38)23-6-4-19(46-23)13-42-25(44)8-2-16-1-7-24(39)41-11-16/h1-12H,13-15H2,(H2,39,41)(H,42,44)/b8-2+. The number of nitrogens with one attached hydrogen (secondary N) is 1. The van der Waals surface area contributed by atoms with Crippen LogP contribution in [0.5, 0.6) is 0 Å². The van der Waals surface area contributed by atoms with Crippen LogP contribution in [0.3, 0.4) is 0 Å². The van der Waals surface area contributed by atoms with Gasteiger partial charge in [0.15, 0.2) is 0 Å². The summed E-state index contributed by atoms with van der Waals surface area (Å²) in [4.78, 5) is 33.0. The summed E-state index contributed by atoms with van der Waals surface area (Å²) in [7, 11) is 0. The zero-order valence-corrected chi connectivity index (χ0v) is 23.2. The Morgan fingerprint density at radius 2 is 1.61 bits per heavy atom. The maximum Gasteiger partial charge on any atom is 0.417 e. The highest BCUT2D eigenvalue weighted by atomic mass is 19.4. The van der Waals surface area contributed by atoms with E-state index in [0.29, 0.717) is 17.7 Å². The summed E-state index contributed by atoms with van der Waals surface area (Å²) < 4.78 is 117. The molecule has 4 heterocycles. The average Bonchev–Trinajstić information content (AvgIpc) is 3.45. The minimum absolute atomic E-state index is 0.127. The Morgan fingerprint density at radius 3 is 2.15 bits per heavy atom. The molecule has 1 fully saturated rings. The number of furan rings is 1. The first kappa shape index (κ1) is 32.1. The van der Waals surface area contributed by atoms with Gasteiger partial charge in [-0.2, -0.15) is 26.3 Å². The number of alkyl halides is 8. The Bertz CT molecular complexity index is 1750. The number of aromatic nitrogens is 2. The second-order valence-electron chi connectivity index (χ2n) is 10.2. The fourth-order valence-corrected chi connectivity index (χ4v) is 4.56. The third-order valence-electron chi connectivity index (χ3n) is 6.77. The van der Waals surface area contributed by atoms with Crippen molar-refractivity contribution in [1.82, 2.24) is 20.2 Å². The third kappa shape index (κ3) is 7.16. The molecule has 240 valence electrons. The number of hydrogen-bond donors (Lipinski definition) is 2. The van der Waals surface area contributed by atoms with Crippen molar-refractivity contribution in [3.8, 4) is 22.6 Å². The third-order valence-corrected chi connectivity index (χ3v) is 6.77. The minimum Gasteiger partial charge on any atom is -0.459 e. The second kappa shape index (κ2) is 11.9. The van der Waals surface area contributed by atoms with Gasteiger partial charge in [-0.25, -0.2) is 13.8 Å². The number of carbonyl (C=O) groups excluding carboxylic acids is 2. The summed E-state index contributed by atoms with van der Waals surface area (Å²) in [5, 5.41) is 2.42. The molecule has 0 spiro atoms. The number of benzene rings is 1. The van der Waals surface area contributed by atoms with E-state index in [2.05, 4.69) is 15.3 Å². The lowest BCUT2D eigenvalue weighted by molar-refractivity contribution is -0.142. The van der Waals surface area contributed by atoms with Crippen molar-refractivity contribution in [3.63, 3.8) is 0 Å². The second-order valence-corrected chi connectivity index (χ2v) is 10.2. The van der Waals surface area contributed by atoms with Gasteiger partial charge in [0.25, 0.3) is 11.8 Å². The number of carbonyl (C=O) groups is 2. The predicted molar refractivity (Wildman–Crippen MR) is 148 cm³/mol. The zero-order chi connectivity index (χ0) is 33.4. The van der Waals surface area contributed by atoms with E-state index in [9.17, 15) is 44.7 Å². The summed E-state index contributed by atoms with van der Waals surface area (Å²) in [6.07, 6.45) is -5.72. The van der Waals surface area contributed by atoms with Crippen molar-refractivity contribution in [2.24, 2.45) is 0 Å². The van der Waals surface area contributed by atoms with Gasteiger partial charge in [-0.3, -0.25) is 14.6 Å². The average molecular weight is 652 g/mol. The maximum atomic E-state index is 14.3. The van der Waals surface area contributed by atoms with Gasteiger partial charge in [0.05, 0.1) is 42.0 Å². The summed E-state index contributed by atoms with van der Waals surface area (Å²) in [6, 6.07) is 8.18. The fraction of sp³-hybridized carbons (Fsp3) is 0.200. The molecule has 16 heteroatoms. The van der Waals surface area contributed by atoms with Gasteiger partial charge >= 0.3 is 12.4 Å². The van der Waals surface area contributed by atoms with Crippen molar-refractivity contribution in [2.45, 2.75) is 24.8 Å². The van der Waals surface area contributed by atoms with Gasteiger partial charge in [-0.15, -0.1) is 0 Å². The quantitative estimate of drug-likeness (QED) is 0.176. The first-order chi connectivity index (χ1) is 21.5. The van der Waals surface area contributed by atoms with Crippen molar-refractivity contribution < 1.29 is 49.1 Å². The summed E-state index contributed by atoms with van der Waals surface area (Å²) >= 11 is 0. The number of amides is 2. The molecule has 0 atom stereocenters. The van der Waals surface area contributed by atoms with Crippen LogP contribution in [0.2, 0.25) is 0 Å². The number of nitrogens with two attached hydrogens (primary N) is 1. The van der Waals surface area contributed by atoms with Crippen LogP contribution in [0.15, 0.2) is 71.4 Å². The van der Waals surface area contributed by atoms with Crippen molar-refractivity contribution in [3.05, 3.63) is 95.0 Å². The van der Waals surface area contributed by atoms with Gasteiger partial charge in [-0.05, 0) is 60.2 Å². The van der Waals surface area contributed by atoms with Crippen molar-refractivity contribution in [2.75, 3.05) is 18.8 Å². The molecule has 2 amide bonds. The normalized spacial score (nSPS) is 14.7. The smallest absolute Gasteiger partial charge is 0.417 e. The van der Waals surface area contributed by atoms with E-state index in [4.69, 9.17) is 10.2 Å². The highest BCUT2D eigenvalue weighted by molar-refractivity contribution is 5.95. The molecular weight excluding hydrogens is 630 g/mol. The number of anilines is 1. The first-order valence-electron chi connectivity index (χ1n) is 13.2. The molecular formula is C30H21F8N5O3. The molecule has 0 unspecified atom stereocenters. The van der Waals surface area contributed by atoms with E-state index in [1.165, 1.54) is 18.3 Å². The molecule has 8 nitrogen and oxygen atoms in total. The highest BCUT2D eigenvalue weighted by Gasteiger charge is 2.46. The number of halogens is 8.